The van der Waals surface area contributed by atoms with Crippen molar-refractivity contribution < 1.29 is 0 Å². The van der Waals surface area contributed by atoms with Crippen LogP contribution in [0, 0.1) is 56.7 Å². The summed E-state index contributed by atoms with van der Waals surface area (Å²) in [7, 11) is 0. The van der Waals surface area contributed by atoms with Crippen molar-refractivity contribution in [3.8, 4) is 86.5 Å². The van der Waals surface area contributed by atoms with Crippen LogP contribution in [0.4, 0.5) is 85.3 Å². The summed E-state index contributed by atoms with van der Waals surface area (Å²) in [6.45, 7) is 0. The summed E-state index contributed by atoms with van der Waals surface area (Å²) < 4.78 is 0. The second kappa shape index (κ2) is 40.8. The topological polar surface area (TPSA) is 200 Å². The lowest BCUT2D eigenvalue weighted by Gasteiger charge is -2.33. The number of aromatic nitrogens is 5. The maximum atomic E-state index is 9.45. The maximum absolute atomic E-state index is 9.45. The molecule has 0 fully saturated rings. The van der Waals surface area contributed by atoms with E-state index in [-0.39, 0.29) is 0 Å². The molecule has 140 heavy (non-hydrogen) atoms. The number of pyridine rings is 5. The monoisotopic (exact) mass is 1890 g/mol. The highest BCUT2D eigenvalue weighted by Crippen LogP contribution is 2.58. The minimum atomic E-state index is 0.424. The molecular formula is C120H75N15S5. The molecule has 0 unspecified atom stereocenters. The third kappa shape index (κ3) is 18.5. The quantitative estimate of drug-likeness (QED) is 0.125. The Balaban J connectivity index is 0.000000104. The number of benzene rings is 15. The maximum Gasteiger partial charge on any atom is 0.148 e. The molecule has 5 aliphatic rings. The second-order valence-corrected chi connectivity index (χ2v) is 37.7. The van der Waals surface area contributed by atoms with E-state index in [1.807, 2.05) is 91.0 Å². The van der Waals surface area contributed by atoms with E-state index < -0.39 is 0 Å². The smallest absolute Gasteiger partial charge is 0.148 e. The molecule has 0 spiro atoms. The fraction of sp³-hybridized carbons (Fsp3) is 0. The minimum absolute atomic E-state index is 0.424. The molecule has 0 saturated heterocycles. The third-order valence-electron chi connectivity index (χ3n) is 23.6. The van der Waals surface area contributed by atoms with Gasteiger partial charge in [0.2, 0.25) is 0 Å². The largest absolute Gasteiger partial charge is 0.308 e. The van der Waals surface area contributed by atoms with Crippen LogP contribution in [0.25, 0.3) is 56.2 Å². The van der Waals surface area contributed by atoms with Crippen molar-refractivity contribution in [3.63, 3.8) is 0 Å². The van der Waals surface area contributed by atoms with E-state index in [1.165, 1.54) is 83.1 Å². The first-order valence-corrected chi connectivity index (χ1v) is 48.9. The highest BCUT2D eigenvalue weighted by atomic mass is 32.2. The molecule has 0 amide bonds. The zero-order chi connectivity index (χ0) is 94.6. The fourth-order valence-electron chi connectivity index (χ4n) is 17.3. The first-order chi connectivity index (χ1) is 69.2. The van der Waals surface area contributed by atoms with Crippen LogP contribution in [-0.2, 0) is 0 Å². The molecule has 0 saturated carbocycles. The van der Waals surface area contributed by atoms with Gasteiger partial charge in [-0.15, -0.1) is 0 Å². The molecule has 5 aromatic heterocycles. The third-order valence-corrected chi connectivity index (χ3v) is 29.3. The number of rotatable bonds is 10. The Bertz CT molecular complexity index is 7750. The molecule has 0 radical (unpaired) electrons. The van der Waals surface area contributed by atoms with Crippen LogP contribution in [0.2, 0.25) is 0 Å². The Kier molecular flexibility index (Phi) is 25.9. The van der Waals surface area contributed by atoms with E-state index in [9.17, 15) is 15.8 Å². The summed E-state index contributed by atoms with van der Waals surface area (Å²) >= 11 is 8.98. The number of hydrogen-bond acceptors (Lipinski definition) is 20. The molecule has 0 atom stereocenters. The Morgan fingerprint density at radius 2 is 0.536 bits per heavy atom. The van der Waals surface area contributed by atoms with Crippen molar-refractivity contribution in [2.45, 2.75) is 49.0 Å². The van der Waals surface area contributed by atoms with Crippen LogP contribution in [-0.4, -0.2) is 24.9 Å². The lowest BCUT2D eigenvalue weighted by Crippen LogP contribution is -2.14. The molecule has 0 bridgehead atoms. The number of nitrogens with zero attached hydrogens (tertiary/aromatic N) is 15. The lowest BCUT2D eigenvalue weighted by atomic mass is 10.0. The van der Waals surface area contributed by atoms with Gasteiger partial charge in [0.15, 0.2) is 0 Å². The Hall–Kier alpha value is -17.8. The predicted molar refractivity (Wildman–Crippen MR) is 566 cm³/mol. The second-order valence-electron chi connectivity index (χ2n) is 32.2. The van der Waals surface area contributed by atoms with Crippen LogP contribution in [0.1, 0.15) is 28.1 Å². The van der Waals surface area contributed by atoms with Crippen molar-refractivity contribution in [2.75, 3.05) is 24.5 Å². The zero-order valence-electron chi connectivity index (χ0n) is 74.6. The van der Waals surface area contributed by atoms with E-state index >= 15 is 0 Å². The number of anilines is 15. The van der Waals surface area contributed by atoms with Crippen molar-refractivity contribution in [3.05, 3.63) is 484 Å². The van der Waals surface area contributed by atoms with Crippen LogP contribution < -0.4 is 24.5 Å². The van der Waals surface area contributed by atoms with Gasteiger partial charge in [0.05, 0.1) is 102 Å². The van der Waals surface area contributed by atoms with Gasteiger partial charge in [-0.05, 0) is 248 Å². The van der Waals surface area contributed by atoms with E-state index in [0.29, 0.717) is 33.8 Å². The van der Waals surface area contributed by atoms with Gasteiger partial charge in [-0.25, -0.2) is 9.97 Å². The van der Waals surface area contributed by atoms with Gasteiger partial charge in [0.25, 0.3) is 0 Å². The average molecular weight is 1890 g/mol. The van der Waals surface area contributed by atoms with Gasteiger partial charge in [-0.1, -0.05) is 247 Å². The van der Waals surface area contributed by atoms with E-state index in [1.54, 1.807) is 114 Å². The summed E-state index contributed by atoms with van der Waals surface area (Å²) in [6.07, 6.45) is 6.68. The summed E-state index contributed by atoms with van der Waals surface area (Å²) in [4.78, 5) is 45.8. The van der Waals surface area contributed by atoms with Crippen molar-refractivity contribution in [1.29, 1.82) is 26.3 Å². The molecule has 20 heteroatoms. The number of para-hydroxylation sites is 10. The van der Waals surface area contributed by atoms with E-state index in [0.717, 1.165) is 102 Å². The van der Waals surface area contributed by atoms with Crippen LogP contribution in [0.5, 0.6) is 0 Å². The van der Waals surface area contributed by atoms with Crippen molar-refractivity contribution in [1.82, 2.24) is 24.9 Å². The molecule has 20 aromatic rings. The molecule has 5 aliphatic heterocycles. The minimum Gasteiger partial charge on any atom is -0.308 e. The first kappa shape index (κ1) is 88.8. The molecule has 0 aliphatic carbocycles. The standard InChI is InChI=1S/5C24H15N3S/c25-16-18-8-6-10-20(26-18)17-7-5-9-19(15-17)27-21-11-1-3-13-23(21)28-24-14-4-2-12-22(24)27;25-16-18-8-6-14-26-24(18)17-7-5-9-19(15-17)27-20-10-1-3-12-22(20)28-23-13-4-2-11-21(23)27;25-16-20-19(9-6-14-26-20)17-7-5-8-18(15-17)27-21-10-1-3-12-23(21)28-24-13-4-2-11-22(24)27;25-15-17-12-13-20(26-16-17)18-6-5-7-19(14-18)27-21-8-1-3-10-23(21)28-24-11-4-2-9-22(24)27;25-16-17-12-13-26-20(14-17)18-6-5-7-19(15-18)27-21-8-1-3-10-23(21)28-24-11-4-2-9-22(24)27/h3*1-15H;1-14,16H;1-15H. The summed E-state index contributed by atoms with van der Waals surface area (Å²) in [5.41, 5.74) is 28.6. The number of fused-ring (bicyclic) bond motifs is 10. The summed E-state index contributed by atoms with van der Waals surface area (Å²) in [5, 5.41) is 46.2. The molecule has 15 nitrogen and oxygen atoms in total. The van der Waals surface area contributed by atoms with Gasteiger partial charge in [0, 0.05) is 130 Å². The zero-order valence-corrected chi connectivity index (χ0v) is 78.6. The molecular weight excluding hydrogens is 1810 g/mol. The molecule has 10 heterocycles. The highest BCUT2D eigenvalue weighted by Gasteiger charge is 2.32. The van der Waals surface area contributed by atoms with Gasteiger partial charge in [0.1, 0.15) is 35.7 Å². The van der Waals surface area contributed by atoms with E-state index in [4.69, 9.17) is 10.5 Å². The molecule has 25 rings (SSSR count). The van der Waals surface area contributed by atoms with Gasteiger partial charge in [-0.2, -0.15) is 26.3 Å². The molecule has 660 valence electrons. The van der Waals surface area contributed by atoms with Gasteiger partial charge in [-0.3, -0.25) is 15.0 Å². The average Bonchev–Trinajstić information content (AvgIpc) is 0.773. The molecule has 15 aromatic carbocycles. The fourth-order valence-corrected chi connectivity index (χ4v) is 22.6. The Labute approximate surface area is 832 Å². The van der Waals surface area contributed by atoms with Gasteiger partial charge >= 0.3 is 0 Å². The van der Waals surface area contributed by atoms with Crippen LogP contribution in [0.15, 0.2) is 504 Å². The van der Waals surface area contributed by atoms with Crippen LogP contribution >= 0.6 is 58.8 Å². The van der Waals surface area contributed by atoms with Crippen molar-refractivity contribution >= 4 is 144 Å². The van der Waals surface area contributed by atoms with Crippen LogP contribution in [0.3, 0.4) is 0 Å². The Morgan fingerprint density at radius 1 is 0.207 bits per heavy atom. The Morgan fingerprint density at radius 3 is 0.893 bits per heavy atom. The normalized spacial score (nSPS) is 12.0. The van der Waals surface area contributed by atoms with Gasteiger partial charge < -0.3 is 24.5 Å². The van der Waals surface area contributed by atoms with E-state index in [2.05, 4.69) is 389 Å². The van der Waals surface area contributed by atoms with Crippen molar-refractivity contribution in [2.24, 2.45) is 0 Å². The summed E-state index contributed by atoms with van der Waals surface area (Å²) in [6, 6.07) is 157. The first-order valence-electron chi connectivity index (χ1n) is 44.8. The lowest BCUT2D eigenvalue weighted by molar-refractivity contribution is 1.16. The highest BCUT2D eigenvalue weighted by molar-refractivity contribution is 8.00. The number of hydrogen-bond donors (Lipinski definition) is 0. The summed E-state index contributed by atoms with van der Waals surface area (Å²) in [5.74, 6) is 0. The number of nitriles is 5. The predicted octanol–water partition coefficient (Wildman–Crippen LogP) is 32.8. The SMILES string of the molecule is N#Cc1ccc(-c2cccc(N3c4ccccc4Sc4ccccc43)c2)nc1.N#Cc1cccc(-c2cccc(N3c4ccccc4Sc4ccccc43)c2)n1.N#Cc1cccnc1-c1cccc(N2c3ccccc3Sc3ccccc32)c1.N#Cc1ccnc(-c2cccc(N3c4ccccc4Sc4ccccc43)c2)c1.N#Cc1ncccc1-c1cccc(N2c3ccccc3Sc3ccccc32)c1. The molecule has 0 N–H and O–H groups in total.